The second kappa shape index (κ2) is 19.1. The Labute approximate surface area is 349 Å². The maximum absolute atomic E-state index is 6.02. The van der Waals surface area contributed by atoms with Crippen LogP contribution in [0.3, 0.4) is 0 Å². The van der Waals surface area contributed by atoms with Gasteiger partial charge in [-0.15, -0.1) is 0 Å². The maximum atomic E-state index is 6.02. The molecule has 1 saturated carbocycles. The van der Waals surface area contributed by atoms with E-state index in [0.29, 0.717) is 43.0 Å². The van der Waals surface area contributed by atoms with Gasteiger partial charge in [-0.1, -0.05) is 18.2 Å². The fourth-order valence-electron chi connectivity index (χ4n) is 5.74. The van der Waals surface area contributed by atoms with Crippen molar-refractivity contribution in [2.24, 2.45) is 5.92 Å². The Kier molecular flexibility index (Phi) is 12.4. The molecule has 1 aliphatic carbocycles. The summed E-state index contributed by atoms with van der Waals surface area (Å²) in [5.41, 5.74) is 0. The van der Waals surface area contributed by atoms with E-state index in [1.54, 1.807) is 0 Å². The Balaban J connectivity index is 0.000000154. The van der Waals surface area contributed by atoms with Crippen molar-refractivity contribution in [1.82, 2.24) is 0 Å². The van der Waals surface area contributed by atoms with Gasteiger partial charge in [0.1, 0.15) is 107 Å². The molecule has 4 fully saturated rings. The molecule has 4 aliphatic rings. The molecule has 11 nitrogen and oxygen atoms in total. The Bertz CT molecular complexity index is 2110. The van der Waals surface area contributed by atoms with E-state index in [1.807, 2.05) is 146 Å². The summed E-state index contributed by atoms with van der Waals surface area (Å²) in [6.45, 7) is 4.88. The van der Waals surface area contributed by atoms with Crippen LogP contribution in [0.5, 0.6) is 69.0 Å². The average molecular weight is 811 g/mol. The summed E-state index contributed by atoms with van der Waals surface area (Å²) in [6, 6.07) is 45.5. The topological polar surface area (TPSA) is 111 Å². The minimum atomic E-state index is 0.223. The first-order chi connectivity index (χ1) is 29.6. The lowest BCUT2D eigenvalue weighted by molar-refractivity contribution is 0.262. The van der Waals surface area contributed by atoms with E-state index < -0.39 is 0 Å². The van der Waals surface area contributed by atoms with Crippen LogP contribution in [0.2, 0.25) is 0 Å². The molecule has 3 aliphatic heterocycles. The van der Waals surface area contributed by atoms with E-state index in [4.69, 9.17) is 52.1 Å². The molecule has 3 atom stereocenters. The predicted octanol–water partition coefficient (Wildman–Crippen LogP) is 10.7. The number of hydrogen-bond donors (Lipinski definition) is 0. The Morgan fingerprint density at radius 2 is 0.583 bits per heavy atom. The molecule has 60 heavy (non-hydrogen) atoms. The van der Waals surface area contributed by atoms with E-state index in [0.717, 1.165) is 78.2 Å². The van der Waals surface area contributed by atoms with Crippen LogP contribution in [0.4, 0.5) is 0 Å². The van der Waals surface area contributed by atoms with E-state index in [1.165, 1.54) is 12.8 Å². The van der Waals surface area contributed by atoms with E-state index >= 15 is 0 Å². The highest BCUT2D eigenvalue weighted by atomic mass is 16.6. The summed E-state index contributed by atoms with van der Waals surface area (Å²) in [4.78, 5) is 0. The van der Waals surface area contributed by atoms with Gasteiger partial charge in [-0.05, 0) is 128 Å². The summed E-state index contributed by atoms with van der Waals surface area (Å²) >= 11 is 0. The van der Waals surface area contributed by atoms with Gasteiger partial charge in [-0.25, -0.2) is 0 Å². The number of ether oxygens (including phenoxy) is 11. The van der Waals surface area contributed by atoms with Gasteiger partial charge >= 0.3 is 0 Å². The Morgan fingerprint density at radius 1 is 0.317 bits per heavy atom. The molecule has 3 saturated heterocycles. The first kappa shape index (κ1) is 39.1. The molecule has 0 aromatic heterocycles. The molecule has 10 rings (SSSR count). The van der Waals surface area contributed by atoms with Crippen LogP contribution < -0.4 is 37.9 Å². The van der Waals surface area contributed by atoms with Crippen molar-refractivity contribution < 1.29 is 52.1 Å². The molecular weight excluding hydrogens is 765 g/mol. The lowest BCUT2D eigenvalue weighted by Gasteiger charge is -2.11. The zero-order valence-corrected chi connectivity index (χ0v) is 33.0. The van der Waals surface area contributed by atoms with Crippen molar-refractivity contribution in [2.75, 3.05) is 46.2 Å². The van der Waals surface area contributed by atoms with Gasteiger partial charge < -0.3 is 52.1 Å². The van der Waals surface area contributed by atoms with Crippen molar-refractivity contribution in [1.29, 1.82) is 0 Å². The lowest BCUT2D eigenvalue weighted by atomic mass is 10.3. The van der Waals surface area contributed by atoms with E-state index in [9.17, 15) is 0 Å². The molecule has 308 valence electrons. The second-order valence-electron chi connectivity index (χ2n) is 14.8. The lowest BCUT2D eigenvalue weighted by Crippen LogP contribution is -2.03. The number of rotatable bonds is 20. The molecule has 6 aromatic carbocycles. The highest BCUT2D eigenvalue weighted by Crippen LogP contribution is 2.34. The number of epoxide rings is 3. The molecule has 6 aromatic rings. The molecule has 0 spiro atoms. The zero-order chi connectivity index (χ0) is 40.4. The first-order valence-electron chi connectivity index (χ1n) is 20.3. The molecule has 0 N–H and O–H groups in total. The first-order valence-corrected chi connectivity index (χ1v) is 20.3. The Morgan fingerprint density at radius 3 is 0.917 bits per heavy atom. The van der Waals surface area contributed by atoms with Gasteiger partial charge in [0.2, 0.25) is 0 Å². The summed E-state index contributed by atoms with van der Waals surface area (Å²) < 4.78 is 62.0. The van der Waals surface area contributed by atoms with Crippen LogP contribution in [-0.2, 0) is 14.2 Å². The van der Waals surface area contributed by atoms with Gasteiger partial charge in [0.15, 0.2) is 0 Å². The van der Waals surface area contributed by atoms with Crippen LogP contribution in [0, 0.1) is 5.92 Å². The third kappa shape index (κ3) is 12.8. The highest BCUT2D eigenvalue weighted by Gasteiger charge is 2.25. The van der Waals surface area contributed by atoms with E-state index in [2.05, 4.69) is 0 Å². The molecule has 0 bridgehead atoms. The van der Waals surface area contributed by atoms with Crippen LogP contribution in [0.1, 0.15) is 12.8 Å². The fourth-order valence-corrected chi connectivity index (χ4v) is 5.74. The fraction of sp³-hybridized carbons (Fsp3) is 0.265. The van der Waals surface area contributed by atoms with Crippen LogP contribution >= 0.6 is 0 Å². The largest absolute Gasteiger partial charge is 0.493 e. The van der Waals surface area contributed by atoms with Gasteiger partial charge in [-0.3, -0.25) is 0 Å². The quantitative estimate of drug-likeness (QED) is 0.0687. The maximum Gasteiger partial charge on any atom is 0.131 e. The smallest absolute Gasteiger partial charge is 0.131 e. The molecule has 3 unspecified atom stereocenters. The molecule has 3 heterocycles. The zero-order valence-electron chi connectivity index (χ0n) is 33.0. The summed E-state index contributed by atoms with van der Waals surface area (Å²) in [7, 11) is 0. The van der Waals surface area contributed by atoms with Gasteiger partial charge in [-0.2, -0.15) is 0 Å². The molecular formula is C49H46O11. The monoisotopic (exact) mass is 810 g/mol. The third-order valence-corrected chi connectivity index (χ3v) is 9.53. The number of hydrogen-bond acceptors (Lipinski definition) is 11. The van der Waals surface area contributed by atoms with Crippen LogP contribution in [-0.4, -0.2) is 64.6 Å². The molecule has 11 heteroatoms. The standard InChI is InChI=1S/C25H24O5.C24H22O6/c1-4-19(26-15-18-10-11-18)12-21(6-1)29-23-8-3-9-24(14-23)30-22-7-2-5-20(13-22)27-16-25-17-28-25;1-5-19(6-2-17(1)25-13-23-15-27-23)29-21-9-11-22(12-10-21)30-20-7-3-18(4-8-20)26-14-24-16-28-24/h1-9,12-14,18,25H,10-11,15-17H2;1-12,23-24H,13-16H2. The van der Waals surface area contributed by atoms with Crippen molar-refractivity contribution >= 4 is 0 Å². The normalized spacial score (nSPS) is 18.2. The highest BCUT2D eigenvalue weighted by molar-refractivity contribution is 5.43. The minimum absolute atomic E-state index is 0.223. The van der Waals surface area contributed by atoms with Crippen molar-refractivity contribution in [2.45, 2.75) is 31.2 Å². The summed E-state index contributed by atoms with van der Waals surface area (Å²) in [5, 5.41) is 0. The molecule has 0 radical (unpaired) electrons. The predicted molar refractivity (Wildman–Crippen MR) is 223 cm³/mol. The average Bonchev–Trinajstić information content (AvgIpc) is 4.06. The van der Waals surface area contributed by atoms with Crippen molar-refractivity contribution in [3.05, 3.63) is 146 Å². The van der Waals surface area contributed by atoms with Gasteiger partial charge in [0, 0.05) is 18.2 Å². The summed E-state index contributed by atoms with van der Waals surface area (Å²) in [5.74, 6) is 9.70. The van der Waals surface area contributed by atoms with Crippen molar-refractivity contribution in [3.8, 4) is 69.0 Å². The minimum Gasteiger partial charge on any atom is -0.493 e. The van der Waals surface area contributed by atoms with Gasteiger partial charge in [0.05, 0.1) is 26.4 Å². The van der Waals surface area contributed by atoms with Crippen LogP contribution in [0.25, 0.3) is 0 Å². The van der Waals surface area contributed by atoms with E-state index in [-0.39, 0.29) is 18.3 Å². The third-order valence-electron chi connectivity index (χ3n) is 9.53. The van der Waals surface area contributed by atoms with Gasteiger partial charge in [0.25, 0.3) is 0 Å². The summed E-state index contributed by atoms with van der Waals surface area (Å²) in [6.07, 6.45) is 3.26. The van der Waals surface area contributed by atoms with Crippen LogP contribution in [0.15, 0.2) is 146 Å². The SMILES string of the molecule is c1cc(OCC2CC2)cc(Oc2cccc(Oc3cccc(OCC4CO4)c3)c2)c1.c1cc(Oc2ccc(Oc3ccc(OCC4CO4)cc3)cc2)ccc1OCC1CO1. The second-order valence-corrected chi connectivity index (χ2v) is 14.8. The molecule has 0 amide bonds. The van der Waals surface area contributed by atoms with Crippen molar-refractivity contribution in [3.63, 3.8) is 0 Å². The number of benzene rings is 6. The Hall–Kier alpha value is -6.40.